The summed E-state index contributed by atoms with van der Waals surface area (Å²) >= 11 is 1.58. The number of hydrogen-bond donors (Lipinski definition) is 1. The lowest BCUT2D eigenvalue weighted by Gasteiger charge is -2.39. The zero-order valence-corrected chi connectivity index (χ0v) is 17.5. The maximum atomic E-state index is 12.4. The molecule has 2 aliphatic heterocycles. The third-order valence-corrected chi connectivity index (χ3v) is 7.32. The number of amides is 1. The van der Waals surface area contributed by atoms with Crippen molar-refractivity contribution in [3.05, 3.63) is 47.5 Å². The van der Waals surface area contributed by atoms with E-state index in [0.29, 0.717) is 12.1 Å². The average molecular weight is 412 g/mol. The van der Waals surface area contributed by atoms with E-state index in [1.165, 1.54) is 18.4 Å². The summed E-state index contributed by atoms with van der Waals surface area (Å²) in [5, 5.41) is 6.10. The van der Waals surface area contributed by atoms with Gasteiger partial charge in [-0.15, -0.1) is 0 Å². The van der Waals surface area contributed by atoms with E-state index in [9.17, 15) is 4.79 Å². The molecule has 0 spiro atoms. The van der Waals surface area contributed by atoms with E-state index in [1.54, 1.807) is 11.3 Å². The first-order valence-corrected chi connectivity index (χ1v) is 11.8. The predicted octanol–water partition coefficient (Wildman–Crippen LogP) is 4.17. The molecule has 1 aromatic carbocycles. The number of ether oxygens (including phenoxy) is 1. The maximum Gasteiger partial charge on any atom is 0.273 e. The van der Waals surface area contributed by atoms with Gasteiger partial charge in [0.15, 0.2) is 0 Å². The zero-order valence-electron chi connectivity index (χ0n) is 16.7. The predicted molar refractivity (Wildman–Crippen MR) is 114 cm³/mol. The molecule has 3 atom stereocenters. The monoisotopic (exact) mass is 411 g/mol. The second kappa shape index (κ2) is 8.44. The summed E-state index contributed by atoms with van der Waals surface area (Å²) in [7, 11) is 0. The van der Waals surface area contributed by atoms with E-state index in [2.05, 4.69) is 39.5 Å². The molecule has 1 amide bonds. The molecule has 154 valence electrons. The van der Waals surface area contributed by atoms with E-state index in [-0.39, 0.29) is 24.0 Å². The second-order valence-electron chi connectivity index (χ2n) is 8.67. The molecular formula is C23H29N3O2S. The Balaban J connectivity index is 1.20. The third-order valence-electron chi connectivity index (χ3n) is 6.66. The fourth-order valence-corrected chi connectivity index (χ4v) is 5.57. The summed E-state index contributed by atoms with van der Waals surface area (Å²) in [4.78, 5) is 19.4. The van der Waals surface area contributed by atoms with Crippen LogP contribution in [0.2, 0.25) is 0 Å². The van der Waals surface area contributed by atoms with E-state index in [4.69, 9.17) is 4.74 Å². The number of nitrogens with zero attached hydrogens (tertiary/aromatic N) is 2. The van der Waals surface area contributed by atoms with Crippen molar-refractivity contribution in [2.45, 2.75) is 69.2 Å². The Morgan fingerprint density at radius 1 is 1.17 bits per heavy atom. The first-order valence-electron chi connectivity index (χ1n) is 10.9. The number of nitrogens with one attached hydrogen (secondary N) is 1. The first-order chi connectivity index (χ1) is 14.3. The number of benzene rings is 1. The molecule has 29 heavy (non-hydrogen) atoms. The topological polar surface area (TPSA) is 54.5 Å². The van der Waals surface area contributed by atoms with Gasteiger partial charge in [-0.3, -0.25) is 9.69 Å². The summed E-state index contributed by atoms with van der Waals surface area (Å²) in [6.07, 6.45) is 9.83. The lowest BCUT2D eigenvalue weighted by atomic mass is 9.97. The lowest BCUT2D eigenvalue weighted by Crippen LogP contribution is -2.47. The minimum absolute atomic E-state index is 0.105. The van der Waals surface area contributed by atoms with Gasteiger partial charge in [0.25, 0.3) is 5.19 Å². The van der Waals surface area contributed by atoms with E-state index >= 15 is 0 Å². The molecule has 0 radical (unpaired) electrons. The number of aromatic nitrogens is 1. The van der Waals surface area contributed by atoms with Gasteiger partial charge in [0, 0.05) is 36.1 Å². The van der Waals surface area contributed by atoms with Gasteiger partial charge in [0.05, 0.1) is 6.04 Å². The van der Waals surface area contributed by atoms with E-state index < -0.39 is 0 Å². The largest absolute Gasteiger partial charge is 0.467 e. The molecule has 3 heterocycles. The lowest BCUT2D eigenvalue weighted by molar-refractivity contribution is -0.123. The van der Waals surface area contributed by atoms with Crippen molar-refractivity contribution in [1.82, 2.24) is 15.2 Å². The molecule has 2 saturated heterocycles. The molecule has 3 aliphatic rings. The Hall–Kier alpha value is -1.92. The summed E-state index contributed by atoms with van der Waals surface area (Å²) in [6.45, 7) is 1.03. The van der Waals surface area contributed by atoms with Crippen molar-refractivity contribution in [2.24, 2.45) is 5.92 Å². The second-order valence-corrected chi connectivity index (χ2v) is 9.52. The fraction of sp³-hybridized carbons (Fsp3) is 0.565. The molecular weight excluding hydrogens is 382 g/mol. The van der Waals surface area contributed by atoms with Gasteiger partial charge in [-0.2, -0.15) is 0 Å². The molecule has 2 aromatic rings. The third kappa shape index (κ3) is 4.48. The van der Waals surface area contributed by atoms with Crippen LogP contribution in [0.25, 0.3) is 0 Å². The number of rotatable bonds is 8. The van der Waals surface area contributed by atoms with Crippen molar-refractivity contribution in [3.8, 4) is 5.19 Å². The molecule has 1 aromatic heterocycles. The highest BCUT2D eigenvalue weighted by atomic mass is 32.1. The smallest absolute Gasteiger partial charge is 0.273 e. The van der Waals surface area contributed by atoms with Crippen LogP contribution < -0.4 is 10.1 Å². The van der Waals surface area contributed by atoms with Gasteiger partial charge in [0.2, 0.25) is 5.91 Å². The molecule has 1 N–H and O–H groups in total. The normalized spacial score (nSPS) is 27.5. The highest BCUT2D eigenvalue weighted by Gasteiger charge is 2.42. The number of carbonyl (C=O) groups is 1. The zero-order chi connectivity index (χ0) is 19.6. The quantitative estimate of drug-likeness (QED) is 0.708. The molecule has 1 saturated carbocycles. The SMILES string of the molecule is O=C(N[C@H](CCN1[C@H]2CC[C@H]1CC(Oc1nccs1)C2)c1ccccc1)C1CC1. The standard InChI is InChI=1S/C23H29N3O2S/c27-22(17-6-7-17)25-21(16-4-2-1-3-5-16)10-12-26-18-8-9-19(26)15-20(14-18)28-23-24-11-13-29-23/h1-5,11,13,17-21H,6-10,12,14-15H2,(H,25,27)/t18-,19-,21+/m0/s1. The summed E-state index contributed by atoms with van der Waals surface area (Å²) < 4.78 is 6.13. The molecule has 5 rings (SSSR count). The van der Waals surface area contributed by atoms with Gasteiger partial charge < -0.3 is 10.1 Å². The van der Waals surface area contributed by atoms with Crippen LogP contribution in [0.3, 0.4) is 0 Å². The van der Waals surface area contributed by atoms with Gasteiger partial charge >= 0.3 is 0 Å². The average Bonchev–Trinajstić information content (AvgIpc) is 3.42. The molecule has 3 fully saturated rings. The van der Waals surface area contributed by atoms with Gasteiger partial charge in [-0.1, -0.05) is 41.7 Å². The Kier molecular flexibility index (Phi) is 5.55. The van der Waals surface area contributed by atoms with Crippen molar-refractivity contribution in [2.75, 3.05) is 6.54 Å². The number of carbonyl (C=O) groups excluding carboxylic acids is 1. The van der Waals surface area contributed by atoms with Crippen LogP contribution in [0.5, 0.6) is 5.19 Å². The van der Waals surface area contributed by atoms with Crippen LogP contribution in [0.1, 0.15) is 56.6 Å². The number of piperidine rings is 1. The van der Waals surface area contributed by atoms with Gasteiger partial charge in [-0.25, -0.2) is 4.98 Å². The summed E-state index contributed by atoms with van der Waals surface area (Å²) in [5.74, 6) is 0.480. The van der Waals surface area contributed by atoms with Gasteiger partial charge in [-0.05, 0) is 50.5 Å². The van der Waals surface area contributed by atoms with Crippen LogP contribution in [0.15, 0.2) is 41.9 Å². The molecule has 5 nitrogen and oxygen atoms in total. The van der Waals surface area contributed by atoms with Crippen LogP contribution in [0, 0.1) is 5.92 Å². The van der Waals surface area contributed by atoms with E-state index in [0.717, 1.165) is 43.8 Å². The molecule has 0 unspecified atom stereocenters. The molecule has 2 bridgehead atoms. The van der Waals surface area contributed by atoms with Crippen LogP contribution in [-0.2, 0) is 4.79 Å². The Morgan fingerprint density at radius 3 is 2.59 bits per heavy atom. The highest BCUT2D eigenvalue weighted by molar-refractivity contribution is 7.11. The first kappa shape index (κ1) is 19.1. The van der Waals surface area contributed by atoms with Crippen LogP contribution >= 0.6 is 11.3 Å². The summed E-state index contributed by atoms with van der Waals surface area (Å²) in [5.41, 5.74) is 1.22. The number of hydrogen-bond acceptors (Lipinski definition) is 5. The maximum absolute atomic E-state index is 12.4. The molecule has 6 heteroatoms. The Morgan fingerprint density at radius 2 is 1.93 bits per heavy atom. The highest BCUT2D eigenvalue weighted by Crippen LogP contribution is 2.38. The number of thiazole rings is 1. The van der Waals surface area contributed by atoms with Crippen molar-refractivity contribution in [3.63, 3.8) is 0 Å². The van der Waals surface area contributed by atoms with E-state index in [1.807, 2.05) is 17.6 Å². The Labute approximate surface area is 176 Å². The van der Waals surface area contributed by atoms with Crippen LogP contribution in [0.4, 0.5) is 0 Å². The van der Waals surface area contributed by atoms with Crippen LogP contribution in [-0.4, -0.2) is 40.5 Å². The van der Waals surface area contributed by atoms with Crippen molar-refractivity contribution < 1.29 is 9.53 Å². The number of fused-ring (bicyclic) bond motifs is 2. The Bertz CT molecular complexity index is 795. The summed E-state index contributed by atoms with van der Waals surface area (Å²) in [6, 6.07) is 11.7. The minimum Gasteiger partial charge on any atom is -0.467 e. The molecule has 1 aliphatic carbocycles. The van der Waals surface area contributed by atoms with Gasteiger partial charge in [0.1, 0.15) is 6.10 Å². The minimum atomic E-state index is 0.105. The van der Waals surface area contributed by atoms with Crippen molar-refractivity contribution in [1.29, 1.82) is 0 Å². The van der Waals surface area contributed by atoms with Crippen molar-refractivity contribution >= 4 is 17.2 Å². The fourth-order valence-electron chi connectivity index (χ4n) is 5.02.